The second-order valence-electron chi connectivity index (χ2n) is 1.83. The van der Waals surface area contributed by atoms with Crippen LogP contribution >= 0.6 is 0 Å². The highest BCUT2D eigenvalue weighted by Gasteiger charge is 2.03. The van der Waals surface area contributed by atoms with Crippen molar-refractivity contribution in [2.75, 3.05) is 0 Å². The molecule has 0 aromatic heterocycles. The molecule has 0 spiro atoms. The molecule has 0 rings (SSSR count). The van der Waals surface area contributed by atoms with Crippen molar-refractivity contribution in [3.8, 4) is 11.8 Å². The highest BCUT2D eigenvalue weighted by Crippen LogP contribution is 1.95. The fourth-order valence-electron chi connectivity index (χ4n) is 0.460. The summed E-state index contributed by atoms with van der Waals surface area (Å²) in [6.45, 7) is 3.37. The third-order valence-electron chi connectivity index (χ3n) is 0.868. The Hall–Kier alpha value is -1.17. The van der Waals surface area contributed by atoms with Gasteiger partial charge < -0.3 is 9.84 Å². The standard InChI is InChI=1S/C7H10O3/c1-3-4-5-6(2)10-7(8)9/h6H,5H2,1-2H3,(H,8,9). The summed E-state index contributed by atoms with van der Waals surface area (Å²) in [6.07, 6.45) is -1.11. The Morgan fingerprint density at radius 1 is 1.80 bits per heavy atom. The van der Waals surface area contributed by atoms with Crippen molar-refractivity contribution >= 4 is 6.16 Å². The number of rotatable bonds is 2. The molecule has 56 valence electrons. The van der Waals surface area contributed by atoms with Gasteiger partial charge in [-0.25, -0.2) is 4.79 Å². The van der Waals surface area contributed by atoms with Gasteiger partial charge in [0, 0.05) is 6.42 Å². The van der Waals surface area contributed by atoms with Crippen LogP contribution < -0.4 is 0 Å². The normalized spacial score (nSPS) is 11.0. The quantitative estimate of drug-likeness (QED) is 0.469. The number of carboxylic acid groups (broad SMARTS) is 1. The van der Waals surface area contributed by atoms with E-state index in [0.29, 0.717) is 6.42 Å². The van der Waals surface area contributed by atoms with Gasteiger partial charge in [0.15, 0.2) is 0 Å². The fourth-order valence-corrected chi connectivity index (χ4v) is 0.460. The Morgan fingerprint density at radius 2 is 2.40 bits per heavy atom. The number of ether oxygens (including phenoxy) is 1. The second-order valence-corrected chi connectivity index (χ2v) is 1.83. The van der Waals surface area contributed by atoms with Crippen molar-refractivity contribution in [2.24, 2.45) is 0 Å². The SMILES string of the molecule is CC#CCC(C)OC(=O)O. The van der Waals surface area contributed by atoms with Gasteiger partial charge in [0.1, 0.15) is 6.10 Å². The minimum Gasteiger partial charge on any atom is -0.450 e. The molecular weight excluding hydrogens is 132 g/mol. The molecule has 0 bridgehead atoms. The second kappa shape index (κ2) is 4.68. The Bertz CT molecular complexity index is 163. The van der Waals surface area contributed by atoms with E-state index in [1.165, 1.54) is 0 Å². The van der Waals surface area contributed by atoms with Gasteiger partial charge in [-0.05, 0) is 13.8 Å². The Kier molecular flexibility index (Phi) is 4.14. The molecular formula is C7H10O3. The lowest BCUT2D eigenvalue weighted by Crippen LogP contribution is -2.11. The van der Waals surface area contributed by atoms with E-state index in [1.807, 2.05) is 0 Å². The van der Waals surface area contributed by atoms with Crippen molar-refractivity contribution in [1.29, 1.82) is 0 Å². The molecule has 0 radical (unpaired) electrons. The molecule has 10 heavy (non-hydrogen) atoms. The van der Waals surface area contributed by atoms with Crippen LogP contribution in [0.5, 0.6) is 0 Å². The van der Waals surface area contributed by atoms with E-state index in [1.54, 1.807) is 13.8 Å². The third kappa shape index (κ3) is 4.98. The van der Waals surface area contributed by atoms with Crippen LogP contribution in [0.15, 0.2) is 0 Å². The molecule has 0 aromatic rings. The minimum atomic E-state index is -1.24. The van der Waals surface area contributed by atoms with Gasteiger partial charge in [-0.2, -0.15) is 0 Å². The third-order valence-corrected chi connectivity index (χ3v) is 0.868. The van der Waals surface area contributed by atoms with E-state index in [4.69, 9.17) is 5.11 Å². The summed E-state index contributed by atoms with van der Waals surface area (Å²) in [4.78, 5) is 9.90. The van der Waals surface area contributed by atoms with Crippen LogP contribution in [0.25, 0.3) is 0 Å². The highest BCUT2D eigenvalue weighted by molar-refractivity contribution is 5.57. The lowest BCUT2D eigenvalue weighted by molar-refractivity contribution is 0.0610. The van der Waals surface area contributed by atoms with E-state index in [9.17, 15) is 4.79 Å². The lowest BCUT2D eigenvalue weighted by atomic mass is 10.3. The van der Waals surface area contributed by atoms with Gasteiger partial charge >= 0.3 is 6.16 Å². The van der Waals surface area contributed by atoms with Crippen LogP contribution in [0.4, 0.5) is 4.79 Å². The Morgan fingerprint density at radius 3 is 2.80 bits per heavy atom. The predicted octanol–water partition coefficient (Wildman–Crippen LogP) is 1.48. The topological polar surface area (TPSA) is 46.5 Å². The summed E-state index contributed by atoms with van der Waals surface area (Å²) in [5.74, 6) is 5.36. The van der Waals surface area contributed by atoms with Gasteiger partial charge in [0.05, 0.1) is 0 Å². The number of hydrogen-bond acceptors (Lipinski definition) is 2. The summed E-state index contributed by atoms with van der Waals surface area (Å²) >= 11 is 0. The average Bonchev–Trinajstić information content (AvgIpc) is 1.82. The average molecular weight is 142 g/mol. The molecule has 3 nitrogen and oxygen atoms in total. The largest absolute Gasteiger partial charge is 0.506 e. The summed E-state index contributed by atoms with van der Waals surface area (Å²) in [7, 11) is 0. The maximum absolute atomic E-state index is 9.90. The zero-order valence-corrected chi connectivity index (χ0v) is 6.05. The summed E-state index contributed by atoms with van der Waals surface area (Å²) in [5.41, 5.74) is 0. The fraction of sp³-hybridized carbons (Fsp3) is 0.571. The molecule has 1 N–H and O–H groups in total. The van der Waals surface area contributed by atoms with Crippen LogP contribution in [0.2, 0.25) is 0 Å². The first-order valence-electron chi connectivity index (χ1n) is 2.96. The van der Waals surface area contributed by atoms with Crippen LogP contribution in [0, 0.1) is 11.8 Å². The molecule has 0 aliphatic heterocycles. The first kappa shape index (κ1) is 8.83. The van der Waals surface area contributed by atoms with Crippen LogP contribution in [-0.4, -0.2) is 17.4 Å². The lowest BCUT2D eigenvalue weighted by Gasteiger charge is -2.04. The molecule has 1 unspecified atom stereocenters. The van der Waals surface area contributed by atoms with Gasteiger partial charge in [-0.15, -0.1) is 5.92 Å². The molecule has 0 heterocycles. The predicted molar refractivity (Wildman–Crippen MR) is 36.6 cm³/mol. The van der Waals surface area contributed by atoms with Gasteiger partial charge in [0.2, 0.25) is 0 Å². The zero-order chi connectivity index (χ0) is 7.98. The van der Waals surface area contributed by atoms with Gasteiger partial charge in [-0.3, -0.25) is 0 Å². The maximum Gasteiger partial charge on any atom is 0.506 e. The minimum absolute atomic E-state index is 0.329. The van der Waals surface area contributed by atoms with Gasteiger partial charge in [0.25, 0.3) is 0 Å². The van der Waals surface area contributed by atoms with Crippen LogP contribution in [0.1, 0.15) is 20.3 Å². The van der Waals surface area contributed by atoms with Crippen LogP contribution in [0.3, 0.4) is 0 Å². The van der Waals surface area contributed by atoms with Crippen LogP contribution in [-0.2, 0) is 4.74 Å². The van der Waals surface area contributed by atoms with E-state index < -0.39 is 6.16 Å². The molecule has 1 atom stereocenters. The summed E-state index contributed by atoms with van der Waals surface area (Å²) < 4.78 is 4.37. The Balaban J connectivity index is 3.50. The Labute approximate surface area is 60.0 Å². The number of hydrogen-bond donors (Lipinski definition) is 1. The van der Waals surface area contributed by atoms with E-state index in [2.05, 4.69) is 16.6 Å². The molecule has 0 fully saturated rings. The zero-order valence-electron chi connectivity index (χ0n) is 6.05. The molecule has 0 saturated carbocycles. The van der Waals surface area contributed by atoms with Crippen molar-refractivity contribution in [1.82, 2.24) is 0 Å². The monoisotopic (exact) mass is 142 g/mol. The first-order valence-corrected chi connectivity index (χ1v) is 2.96. The molecule has 0 aliphatic rings. The molecule has 0 amide bonds. The van der Waals surface area contributed by atoms with E-state index in [0.717, 1.165) is 0 Å². The van der Waals surface area contributed by atoms with Crippen molar-refractivity contribution in [3.05, 3.63) is 0 Å². The molecule has 0 aliphatic carbocycles. The summed E-state index contributed by atoms with van der Waals surface area (Å²) in [6, 6.07) is 0. The van der Waals surface area contributed by atoms with Gasteiger partial charge in [-0.1, -0.05) is 5.92 Å². The van der Waals surface area contributed by atoms with E-state index >= 15 is 0 Å². The van der Waals surface area contributed by atoms with E-state index in [-0.39, 0.29) is 6.10 Å². The first-order chi connectivity index (χ1) is 4.66. The van der Waals surface area contributed by atoms with Crippen molar-refractivity contribution in [2.45, 2.75) is 26.4 Å². The molecule has 0 aromatic carbocycles. The number of carbonyl (C=O) groups is 1. The van der Waals surface area contributed by atoms with Crippen molar-refractivity contribution in [3.63, 3.8) is 0 Å². The smallest absolute Gasteiger partial charge is 0.450 e. The maximum atomic E-state index is 9.90. The summed E-state index contributed by atoms with van der Waals surface area (Å²) in [5, 5.41) is 8.11. The molecule has 0 saturated heterocycles. The molecule has 3 heteroatoms. The highest BCUT2D eigenvalue weighted by atomic mass is 16.7. The van der Waals surface area contributed by atoms with Crippen molar-refractivity contribution < 1.29 is 14.6 Å².